The molecule has 0 aliphatic rings. The fraction of sp³-hybridized carbons (Fsp3) is 0.276. The van der Waals surface area contributed by atoms with Crippen molar-refractivity contribution >= 4 is 39.7 Å². The number of methoxy groups -OCH3 is 1. The van der Waals surface area contributed by atoms with Crippen LogP contribution in [0.25, 0.3) is 27.5 Å². The van der Waals surface area contributed by atoms with E-state index in [1.807, 2.05) is 19.1 Å². The van der Waals surface area contributed by atoms with E-state index in [-0.39, 0.29) is 18.1 Å². The van der Waals surface area contributed by atoms with Crippen molar-refractivity contribution < 1.29 is 28.2 Å². The monoisotopic (exact) mass is 560 g/mol. The Kier molecular flexibility index (Phi) is 7.31. The van der Waals surface area contributed by atoms with Crippen molar-refractivity contribution in [3.05, 3.63) is 72.4 Å². The van der Waals surface area contributed by atoms with Gasteiger partial charge in [0.25, 0.3) is 0 Å². The summed E-state index contributed by atoms with van der Waals surface area (Å²) in [4.78, 5) is 29.0. The number of anilines is 1. The number of hydrogen-bond acceptors (Lipinski definition) is 8. The number of aromatic nitrogens is 5. The largest absolute Gasteiger partial charge is 0.482 e. The minimum atomic E-state index is -0.732. The molecule has 0 bridgehead atoms. The first-order valence-electron chi connectivity index (χ1n) is 12.8. The molecule has 12 heteroatoms. The van der Waals surface area contributed by atoms with Crippen LogP contribution in [-0.2, 0) is 20.8 Å². The number of pyridine rings is 1. The lowest BCUT2D eigenvalue weighted by molar-refractivity contribution is -0.141. The number of ether oxygens (including phenoxy) is 3. The molecule has 5 rings (SSSR count). The first kappa shape index (κ1) is 27.6. The zero-order chi connectivity index (χ0) is 29.3. The first-order valence-corrected chi connectivity index (χ1v) is 12.8. The van der Waals surface area contributed by atoms with Crippen LogP contribution in [-0.4, -0.2) is 49.3 Å². The fourth-order valence-electron chi connectivity index (χ4n) is 4.30. The third-order valence-corrected chi connectivity index (χ3v) is 6.07. The highest BCUT2D eigenvalue weighted by Gasteiger charge is 2.22. The number of benzene rings is 2. The van der Waals surface area contributed by atoms with Gasteiger partial charge in [0, 0.05) is 34.9 Å². The van der Waals surface area contributed by atoms with Crippen LogP contribution in [0.1, 0.15) is 39.4 Å². The van der Waals surface area contributed by atoms with Gasteiger partial charge >= 0.3 is 12.1 Å². The van der Waals surface area contributed by atoms with E-state index in [0.29, 0.717) is 27.7 Å². The van der Waals surface area contributed by atoms with Gasteiger partial charge in [-0.25, -0.2) is 18.9 Å². The summed E-state index contributed by atoms with van der Waals surface area (Å²) in [5.74, 6) is -0.522. The Bertz CT molecular complexity index is 1740. The third-order valence-electron chi connectivity index (χ3n) is 6.07. The van der Waals surface area contributed by atoms with Gasteiger partial charge in [-0.3, -0.25) is 14.8 Å². The number of nitrogens with zero attached hydrogens (tertiary/aromatic N) is 5. The Hall–Kier alpha value is -5.00. The van der Waals surface area contributed by atoms with E-state index in [0.717, 1.165) is 5.39 Å². The van der Waals surface area contributed by atoms with Crippen molar-refractivity contribution in [1.82, 2.24) is 24.5 Å². The highest BCUT2D eigenvalue weighted by atomic mass is 19.1. The molecule has 0 fully saturated rings. The molecule has 0 saturated carbocycles. The minimum absolute atomic E-state index is 0.0390. The molecule has 5 aromatic rings. The maximum Gasteiger partial charge on any atom is 0.413 e. The van der Waals surface area contributed by atoms with E-state index >= 15 is 0 Å². The highest BCUT2D eigenvalue weighted by molar-refractivity contribution is 5.90. The lowest BCUT2D eigenvalue weighted by Gasteiger charge is -2.22. The number of nitrogens with one attached hydrogen (secondary N) is 1. The Balaban J connectivity index is 1.56. The molecule has 0 saturated heterocycles. The van der Waals surface area contributed by atoms with Crippen LogP contribution in [0.2, 0.25) is 0 Å². The quantitative estimate of drug-likeness (QED) is 0.256. The van der Waals surface area contributed by atoms with Gasteiger partial charge in [-0.05, 0) is 70.2 Å². The summed E-state index contributed by atoms with van der Waals surface area (Å²) >= 11 is 0. The molecule has 212 valence electrons. The van der Waals surface area contributed by atoms with Gasteiger partial charge in [0.05, 0.1) is 23.8 Å². The summed E-state index contributed by atoms with van der Waals surface area (Å²) in [5, 5.41) is 12.8. The average Bonchev–Trinajstić information content (AvgIpc) is 3.56. The predicted molar refractivity (Wildman–Crippen MR) is 149 cm³/mol. The summed E-state index contributed by atoms with van der Waals surface area (Å²) in [6, 6.07) is 11.3. The molecule has 0 unspecified atom stereocenters. The number of halogens is 1. The summed E-state index contributed by atoms with van der Waals surface area (Å²) in [7, 11) is 1.32. The molecule has 2 aromatic carbocycles. The number of rotatable bonds is 7. The molecule has 0 aliphatic heterocycles. The summed E-state index contributed by atoms with van der Waals surface area (Å²) in [5.41, 5.74) is 1.79. The zero-order valence-corrected chi connectivity index (χ0v) is 23.2. The maximum atomic E-state index is 14.0. The second-order valence-electron chi connectivity index (χ2n) is 10.4. The van der Waals surface area contributed by atoms with E-state index in [4.69, 9.17) is 14.2 Å². The van der Waals surface area contributed by atoms with Crippen molar-refractivity contribution in [1.29, 1.82) is 0 Å². The molecule has 0 aliphatic carbocycles. The standard InChI is InChI=1S/C29H29FN6O5/c1-17(21-14-23-19(12-24(21)36-10-6-9-31-36)15-35(34-23)16-26(37)39-5)40-25-13-18-11-20(30)7-8-22(18)32-27(25)33-28(38)41-29(2,3)4/h6-15,17H,16H2,1-5H3,(H,32,33,38)/t17-/m0/s1. The Labute approximate surface area is 234 Å². The topological polar surface area (TPSA) is 122 Å². The van der Waals surface area contributed by atoms with Crippen molar-refractivity contribution in [2.24, 2.45) is 0 Å². The Morgan fingerprint density at radius 3 is 2.61 bits per heavy atom. The molecule has 1 amide bonds. The van der Waals surface area contributed by atoms with Gasteiger partial charge in [0.15, 0.2) is 11.6 Å². The van der Waals surface area contributed by atoms with E-state index < -0.39 is 29.6 Å². The van der Waals surface area contributed by atoms with Crippen LogP contribution in [0.4, 0.5) is 15.0 Å². The molecule has 0 radical (unpaired) electrons. The first-order chi connectivity index (χ1) is 19.5. The fourth-order valence-corrected chi connectivity index (χ4v) is 4.30. The number of carbonyl (C=O) groups is 2. The van der Waals surface area contributed by atoms with Crippen molar-refractivity contribution in [2.45, 2.75) is 45.9 Å². The van der Waals surface area contributed by atoms with Crippen molar-refractivity contribution in [3.63, 3.8) is 0 Å². The van der Waals surface area contributed by atoms with Crippen molar-refractivity contribution in [3.8, 4) is 11.4 Å². The van der Waals surface area contributed by atoms with E-state index in [1.54, 1.807) is 56.2 Å². The van der Waals surface area contributed by atoms with Crippen LogP contribution in [0.15, 0.2) is 61.1 Å². The molecule has 3 aromatic heterocycles. The smallest absolute Gasteiger partial charge is 0.413 e. The lowest BCUT2D eigenvalue weighted by Crippen LogP contribution is -2.27. The lowest BCUT2D eigenvalue weighted by atomic mass is 10.1. The molecule has 3 heterocycles. The van der Waals surface area contributed by atoms with Crippen LogP contribution in [0, 0.1) is 5.82 Å². The predicted octanol–water partition coefficient (Wildman–Crippen LogP) is 5.57. The second kappa shape index (κ2) is 10.9. The normalized spacial score (nSPS) is 12.3. The number of hydrogen-bond donors (Lipinski definition) is 1. The SMILES string of the molecule is COC(=O)Cn1cc2cc(-n3cccn3)c([C@H](C)Oc3cc4cc(F)ccc4nc3NC(=O)OC(C)(C)C)cc2n1. The van der Waals surface area contributed by atoms with Crippen LogP contribution < -0.4 is 10.1 Å². The molecule has 11 nitrogen and oxygen atoms in total. The Morgan fingerprint density at radius 1 is 1.10 bits per heavy atom. The number of esters is 1. The van der Waals surface area contributed by atoms with Gasteiger partial charge in [0.1, 0.15) is 24.1 Å². The Morgan fingerprint density at radius 2 is 1.90 bits per heavy atom. The van der Waals surface area contributed by atoms with Crippen LogP contribution >= 0.6 is 0 Å². The molecule has 1 atom stereocenters. The summed E-state index contributed by atoms with van der Waals surface area (Å²) in [6.45, 7) is 7.04. The average molecular weight is 561 g/mol. The molecule has 0 spiro atoms. The van der Waals surface area contributed by atoms with Gasteiger partial charge in [-0.2, -0.15) is 10.2 Å². The molecule has 1 N–H and O–H groups in total. The van der Waals surface area contributed by atoms with Crippen molar-refractivity contribution in [2.75, 3.05) is 12.4 Å². The van der Waals surface area contributed by atoms with E-state index in [1.165, 1.54) is 30.0 Å². The number of amides is 1. The highest BCUT2D eigenvalue weighted by Crippen LogP contribution is 2.35. The van der Waals surface area contributed by atoms with E-state index in [2.05, 4.69) is 20.5 Å². The van der Waals surface area contributed by atoms with Crippen LogP contribution in [0.3, 0.4) is 0 Å². The summed E-state index contributed by atoms with van der Waals surface area (Å²) < 4.78 is 33.8. The third kappa shape index (κ3) is 6.26. The summed E-state index contributed by atoms with van der Waals surface area (Å²) in [6.07, 6.45) is 3.88. The van der Waals surface area contributed by atoms with Crippen LogP contribution in [0.5, 0.6) is 5.75 Å². The zero-order valence-electron chi connectivity index (χ0n) is 23.2. The number of fused-ring (bicyclic) bond motifs is 2. The van der Waals surface area contributed by atoms with Gasteiger partial charge < -0.3 is 14.2 Å². The van der Waals surface area contributed by atoms with Gasteiger partial charge in [0.2, 0.25) is 0 Å². The molecular weight excluding hydrogens is 531 g/mol. The molecular formula is C29H29FN6O5. The second-order valence-corrected chi connectivity index (χ2v) is 10.4. The van der Waals surface area contributed by atoms with Gasteiger partial charge in [-0.15, -0.1) is 0 Å². The molecule has 41 heavy (non-hydrogen) atoms. The van der Waals surface area contributed by atoms with Gasteiger partial charge in [-0.1, -0.05) is 0 Å². The minimum Gasteiger partial charge on any atom is -0.482 e. The number of carbonyl (C=O) groups excluding carboxylic acids is 2. The van der Waals surface area contributed by atoms with E-state index in [9.17, 15) is 14.0 Å². The maximum absolute atomic E-state index is 14.0.